The van der Waals surface area contributed by atoms with Crippen molar-refractivity contribution in [2.75, 3.05) is 0 Å². The van der Waals surface area contributed by atoms with Crippen molar-refractivity contribution in [2.45, 2.75) is 27.7 Å². The monoisotopic (exact) mass is 167 g/mol. The van der Waals surface area contributed by atoms with Gasteiger partial charge in [0.05, 0.1) is 6.07 Å². The van der Waals surface area contributed by atoms with Crippen LogP contribution in [0.25, 0.3) is 0 Å². The lowest BCUT2D eigenvalue weighted by Gasteiger charge is -2.03. The predicted molar refractivity (Wildman–Crippen MR) is 43.2 cm³/mol. The highest BCUT2D eigenvalue weighted by atomic mass is 16.4. The Balaban J connectivity index is 3.23. The molecule has 0 amide bonds. The summed E-state index contributed by atoms with van der Waals surface area (Å²) in [5.41, 5.74) is -2.05. The number of hydrogen-bond acceptors (Lipinski definition) is 2. The van der Waals surface area contributed by atoms with Crippen LogP contribution in [0.2, 0.25) is 0 Å². The van der Waals surface area contributed by atoms with Crippen LogP contribution >= 0.6 is 0 Å². The number of nitrogens with zero attached hydrogens (tertiary/aromatic N) is 1. The number of nitriles is 1. The van der Waals surface area contributed by atoms with Gasteiger partial charge >= 0.3 is 5.97 Å². The molecule has 1 rings (SSSR count). The molecule has 1 N–H and O–H groups in total. The number of carboxylic acid groups (broad SMARTS) is 1. The summed E-state index contributed by atoms with van der Waals surface area (Å²) in [5, 5.41) is 17.8. The van der Waals surface area contributed by atoms with Gasteiger partial charge in [0, 0.05) is 10.8 Å². The average Bonchev–Trinajstić information content (AvgIpc) is 2.21. The summed E-state index contributed by atoms with van der Waals surface area (Å²) in [4.78, 5) is 10.9. The second kappa shape index (κ2) is 1.82. The van der Waals surface area contributed by atoms with E-state index in [1.54, 1.807) is 0 Å². The van der Waals surface area contributed by atoms with E-state index in [9.17, 15) is 4.79 Å². The molecule has 1 aliphatic rings. The molecule has 1 fully saturated rings. The van der Waals surface area contributed by atoms with Crippen molar-refractivity contribution >= 4 is 5.97 Å². The smallest absolute Gasteiger partial charge is 0.325 e. The molecule has 0 spiro atoms. The topological polar surface area (TPSA) is 61.1 Å². The molecular weight excluding hydrogens is 154 g/mol. The van der Waals surface area contributed by atoms with Crippen LogP contribution in [0.3, 0.4) is 0 Å². The Kier molecular flexibility index (Phi) is 1.37. The van der Waals surface area contributed by atoms with Crippen molar-refractivity contribution in [3.05, 3.63) is 0 Å². The molecule has 0 heterocycles. The van der Waals surface area contributed by atoms with E-state index in [-0.39, 0.29) is 0 Å². The summed E-state index contributed by atoms with van der Waals surface area (Å²) in [6.07, 6.45) is 0. The maximum atomic E-state index is 10.9. The van der Waals surface area contributed by atoms with Gasteiger partial charge in [-0.15, -0.1) is 0 Å². The van der Waals surface area contributed by atoms with Crippen LogP contribution in [-0.2, 0) is 4.79 Å². The molecule has 0 unspecified atom stereocenters. The van der Waals surface area contributed by atoms with Gasteiger partial charge in [0.1, 0.15) is 0 Å². The highest BCUT2D eigenvalue weighted by molar-refractivity contribution is 5.85. The normalized spacial score (nSPS) is 27.2. The number of hydrogen-bond donors (Lipinski definition) is 1. The third-order valence-electron chi connectivity index (χ3n) is 3.86. The van der Waals surface area contributed by atoms with E-state index < -0.39 is 22.2 Å². The van der Waals surface area contributed by atoms with Crippen LogP contribution in [-0.4, -0.2) is 11.1 Å². The molecule has 0 saturated heterocycles. The van der Waals surface area contributed by atoms with Crippen molar-refractivity contribution in [2.24, 2.45) is 16.2 Å². The summed E-state index contributed by atoms with van der Waals surface area (Å²) >= 11 is 0. The first-order chi connectivity index (χ1) is 5.25. The Morgan fingerprint density at radius 1 is 1.25 bits per heavy atom. The van der Waals surface area contributed by atoms with Crippen LogP contribution in [0, 0.1) is 27.6 Å². The Labute approximate surface area is 72.0 Å². The second-order valence-electron chi connectivity index (χ2n) is 4.42. The summed E-state index contributed by atoms with van der Waals surface area (Å²) < 4.78 is 0. The Morgan fingerprint density at radius 2 is 1.58 bits per heavy atom. The van der Waals surface area contributed by atoms with E-state index in [4.69, 9.17) is 10.4 Å². The largest absolute Gasteiger partial charge is 0.480 e. The maximum Gasteiger partial charge on any atom is 0.325 e. The zero-order valence-electron chi connectivity index (χ0n) is 7.80. The Bertz CT molecular complexity index is 269. The molecule has 0 aromatic rings. The average molecular weight is 167 g/mol. The van der Waals surface area contributed by atoms with Crippen LogP contribution in [0.15, 0.2) is 0 Å². The number of carboxylic acids is 1. The standard InChI is InChI=1S/C9H13NO2/c1-7(2)8(3,4)9(7,5-10)6(11)12/h1-4H3,(H,11,12). The summed E-state index contributed by atoms with van der Waals surface area (Å²) in [6, 6.07) is 1.93. The van der Waals surface area contributed by atoms with Gasteiger partial charge in [0.15, 0.2) is 5.41 Å². The molecule has 3 heteroatoms. The van der Waals surface area contributed by atoms with E-state index >= 15 is 0 Å². The third kappa shape index (κ3) is 0.523. The summed E-state index contributed by atoms with van der Waals surface area (Å²) in [6.45, 7) is 7.30. The first-order valence-corrected chi connectivity index (χ1v) is 3.90. The Hall–Kier alpha value is -1.04. The number of carbonyl (C=O) groups is 1. The highest BCUT2D eigenvalue weighted by Crippen LogP contribution is 2.77. The highest BCUT2D eigenvalue weighted by Gasteiger charge is 2.82. The zero-order chi connectivity index (χ0) is 9.78. The van der Waals surface area contributed by atoms with Gasteiger partial charge < -0.3 is 5.11 Å². The maximum absolute atomic E-state index is 10.9. The predicted octanol–water partition coefficient (Wildman–Crippen LogP) is 1.65. The van der Waals surface area contributed by atoms with Gasteiger partial charge in [0.25, 0.3) is 0 Å². The first kappa shape index (κ1) is 9.05. The lowest BCUT2D eigenvalue weighted by Crippen LogP contribution is -2.20. The van der Waals surface area contributed by atoms with E-state index in [0.717, 1.165) is 0 Å². The second-order valence-corrected chi connectivity index (χ2v) is 4.42. The van der Waals surface area contributed by atoms with Crippen molar-refractivity contribution < 1.29 is 9.90 Å². The Morgan fingerprint density at radius 3 is 1.58 bits per heavy atom. The molecule has 0 aromatic heterocycles. The molecule has 12 heavy (non-hydrogen) atoms. The lowest BCUT2D eigenvalue weighted by molar-refractivity contribution is -0.143. The van der Waals surface area contributed by atoms with Gasteiger partial charge in [-0.3, -0.25) is 4.79 Å². The van der Waals surface area contributed by atoms with Crippen molar-refractivity contribution in [1.82, 2.24) is 0 Å². The van der Waals surface area contributed by atoms with Gasteiger partial charge in [-0.2, -0.15) is 5.26 Å². The lowest BCUT2D eigenvalue weighted by atomic mass is 9.97. The molecule has 0 radical (unpaired) electrons. The SMILES string of the molecule is CC1(C)C(C)(C)C1(C#N)C(=O)O. The molecule has 0 aliphatic heterocycles. The molecule has 0 atom stereocenters. The molecule has 0 aromatic carbocycles. The number of rotatable bonds is 1. The van der Waals surface area contributed by atoms with Crippen LogP contribution < -0.4 is 0 Å². The van der Waals surface area contributed by atoms with Crippen molar-refractivity contribution in [3.8, 4) is 6.07 Å². The third-order valence-corrected chi connectivity index (χ3v) is 3.86. The van der Waals surface area contributed by atoms with Gasteiger partial charge in [-0.25, -0.2) is 0 Å². The van der Waals surface area contributed by atoms with Crippen LogP contribution in [0.1, 0.15) is 27.7 Å². The minimum atomic E-state index is -1.19. The fourth-order valence-electron chi connectivity index (χ4n) is 2.17. The quantitative estimate of drug-likeness (QED) is 0.645. The van der Waals surface area contributed by atoms with E-state index in [1.165, 1.54) is 0 Å². The molecular formula is C9H13NO2. The van der Waals surface area contributed by atoms with Gasteiger partial charge in [-0.05, 0) is 0 Å². The molecule has 0 bridgehead atoms. The first-order valence-electron chi connectivity index (χ1n) is 3.90. The minimum absolute atomic E-state index is 0.430. The van der Waals surface area contributed by atoms with E-state index in [2.05, 4.69) is 0 Å². The van der Waals surface area contributed by atoms with Crippen LogP contribution in [0.4, 0.5) is 0 Å². The van der Waals surface area contributed by atoms with Crippen molar-refractivity contribution in [3.63, 3.8) is 0 Å². The van der Waals surface area contributed by atoms with Crippen LogP contribution in [0.5, 0.6) is 0 Å². The van der Waals surface area contributed by atoms with Gasteiger partial charge in [0.2, 0.25) is 0 Å². The molecule has 3 nitrogen and oxygen atoms in total. The molecule has 66 valence electrons. The fourth-order valence-corrected chi connectivity index (χ4v) is 2.17. The summed E-state index contributed by atoms with van der Waals surface area (Å²) in [5.74, 6) is -1.000. The molecule has 1 saturated carbocycles. The van der Waals surface area contributed by atoms with Gasteiger partial charge in [-0.1, -0.05) is 27.7 Å². The number of aliphatic carboxylic acids is 1. The van der Waals surface area contributed by atoms with Crippen molar-refractivity contribution in [1.29, 1.82) is 5.26 Å². The fraction of sp³-hybridized carbons (Fsp3) is 0.778. The molecule has 1 aliphatic carbocycles. The zero-order valence-corrected chi connectivity index (χ0v) is 7.80. The minimum Gasteiger partial charge on any atom is -0.480 e. The van der Waals surface area contributed by atoms with E-state index in [0.29, 0.717) is 0 Å². The summed E-state index contributed by atoms with van der Waals surface area (Å²) in [7, 11) is 0. The van der Waals surface area contributed by atoms with E-state index in [1.807, 2.05) is 33.8 Å².